The number of rotatable bonds is 5. The van der Waals surface area contributed by atoms with Crippen LogP contribution in [0.25, 0.3) is 0 Å². The maximum absolute atomic E-state index is 13.2. The number of nitrogens with zero attached hydrogens (tertiary/aromatic N) is 1. The smallest absolute Gasteiger partial charge is 0.226 e. The maximum Gasteiger partial charge on any atom is 0.226 e. The minimum Gasteiger partial charge on any atom is -0.326 e. The maximum atomic E-state index is 13.2. The third kappa shape index (κ3) is 3.92. The Balaban J connectivity index is 1.42. The summed E-state index contributed by atoms with van der Waals surface area (Å²) in [5, 5.41) is 4.56. The molecule has 4 nitrogen and oxygen atoms in total. The van der Waals surface area contributed by atoms with E-state index >= 15 is 0 Å². The van der Waals surface area contributed by atoms with Gasteiger partial charge in [-0.1, -0.05) is 71.4 Å². The lowest BCUT2D eigenvalue weighted by Crippen LogP contribution is -2.42. The Morgan fingerprint density at radius 2 is 1.90 bits per heavy atom. The fourth-order valence-electron chi connectivity index (χ4n) is 4.20. The predicted octanol–water partition coefficient (Wildman–Crippen LogP) is 5.90. The van der Waals surface area contributed by atoms with Gasteiger partial charge in [-0.25, -0.2) is 0 Å². The largest absolute Gasteiger partial charge is 0.326 e. The van der Waals surface area contributed by atoms with Crippen molar-refractivity contribution in [3.8, 4) is 0 Å². The van der Waals surface area contributed by atoms with Crippen LogP contribution < -0.4 is 16.0 Å². The molecule has 7 heteroatoms. The number of fused-ring (bicyclic) bond motifs is 1. The van der Waals surface area contributed by atoms with Crippen molar-refractivity contribution >= 4 is 52.2 Å². The highest BCUT2D eigenvalue weighted by Gasteiger charge is 2.46. The van der Waals surface area contributed by atoms with Crippen LogP contribution in [0.15, 0.2) is 71.6 Å². The van der Waals surface area contributed by atoms with E-state index in [9.17, 15) is 4.79 Å². The first kappa shape index (κ1) is 20.7. The Morgan fingerprint density at radius 3 is 2.71 bits per heavy atom. The molecule has 0 bridgehead atoms. The van der Waals surface area contributed by atoms with Gasteiger partial charge >= 0.3 is 0 Å². The number of nitrogens with two attached hydrogens (primary N) is 1. The molecule has 1 aliphatic heterocycles. The molecular formula is C24H21Cl2N3OS. The van der Waals surface area contributed by atoms with Gasteiger partial charge in [-0.05, 0) is 53.8 Å². The number of carbonyl (C=O) groups is 1. The van der Waals surface area contributed by atoms with Crippen molar-refractivity contribution in [2.75, 3.05) is 4.90 Å². The number of anilines is 2. The Labute approximate surface area is 195 Å². The first-order chi connectivity index (χ1) is 15.1. The van der Waals surface area contributed by atoms with E-state index < -0.39 is 0 Å². The number of nitrogens with one attached hydrogen (secondary N) is 1. The molecule has 3 N–H and O–H groups in total. The summed E-state index contributed by atoms with van der Waals surface area (Å²) in [4.78, 5) is 16.3. The molecule has 3 aromatic rings. The lowest BCUT2D eigenvalue weighted by atomic mass is 10.1. The van der Waals surface area contributed by atoms with Crippen LogP contribution in [0.5, 0.6) is 0 Å². The lowest BCUT2D eigenvalue weighted by molar-refractivity contribution is -0.122. The van der Waals surface area contributed by atoms with Crippen LogP contribution in [0.2, 0.25) is 10.0 Å². The minimum atomic E-state index is -0.296. The topological polar surface area (TPSA) is 58.4 Å². The molecule has 0 aromatic heterocycles. The molecule has 0 radical (unpaired) electrons. The molecular weight excluding hydrogens is 449 g/mol. The molecule has 2 aliphatic rings. The highest BCUT2D eigenvalue weighted by atomic mass is 35.5. The number of hydrogen-bond donors (Lipinski definition) is 2. The quantitative estimate of drug-likeness (QED) is 0.488. The summed E-state index contributed by atoms with van der Waals surface area (Å²) in [5.74, 6) is 0.201. The molecule has 3 atom stereocenters. The van der Waals surface area contributed by atoms with E-state index in [0.29, 0.717) is 16.6 Å². The minimum absolute atomic E-state index is 0.0432. The second-order valence-electron chi connectivity index (χ2n) is 7.77. The molecule has 0 spiro atoms. The van der Waals surface area contributed by atoms with Crippen molar-refractivity contribution < 1.29 is 4.79 Å². The van der Waals surface area contributed by atoms with Gasteiger partial charge in [0.25, 0.3) is 0 Å². The van der Waals surface area contributed by atoms with Gasteiger partial charge in [0.15, 0.2) is 5.50 Å². The summed E-state index contributed by atoms with van der Waals surface area (Å²) in [6.45, 7) is 0.360. The third-order valence-electron chi connectivity index (χ3n) is 5.80. The Bertz CT molecular complexity index is 1160. The van der Waals surface area contributed by atoms with Crippen molar-refractivity contribution in [1.29, 1.82) is 0 Å². The summed E-state index contributed by atoms with van der Waals surface area (Å²) in [6.07, 6.45) is 0.830. The van der Waals surface area contributed by atoms with Crippen molar-refractivity contribution in [3.05, 3.63) is 87.9 Å². The van der Waals surface area contributed by atoms with Gasteiger partial charge in [-0.15, -0.1) is 0 Å². The van der Waals surface area contributed by atoms with E-state index in [0.717, 1.165) is 33.8 Å². The van der Waals surface area contributed by atoms with E-state index in [-0.39, 0.29) is 23.2 Å². The van der Waals surface area contributed by atoms with Gasteiger partial charge in [0.2, 0.25) is 5.91 Å². The zero-order valence-electron chi connectivity index (χ0n) is 16.6. The van der Waals surface area contributed by atoms with E-state index in [1.54, 1.807) is 11.8 Å². The monoisotopic (exact) mass is 469 g/mol. The second kappa shape index (κ2) is 8.40. The van der Waals surface area contributed by atoms with Crippen LogP contribution in [0.4, 0.5) is 11.4 Å². The standard InChI is InChI=1S/C24H21Cl2N3OS/c25-16-7-3-5-14(11-16)17-12-18(17)23(30)28-24-29(20-9-1-2-10-21(20)31-24)22-15(13-27)6-4-8-19(22)26/h1-11,17-18,24H,12-13,27H2,(H,28,30). The number of thioether (sulfide) groups is 1. The van der Waals surface area contributed by atoms with Gasteiger partial charge in [-0.2, -0.15) is 0 Å². The highest BCUT2D eigenvalue weighted by Crippen LogP contribution is 2.51. The Morgan fingerprint density at radius 1 is 1.10 bits per heavy atom. The molecule has 3 aromatic carbocycles. The lowest BCUT2D eigenvalue weighted by Gasteiger charge is -2.30. The number of amides is 1. The molecule has 3 unspecified atom stereocenters. The fourth-order valence-corrected chi connectivity index (χ4v) is 5.87. The van der Waals surface area contributed by atoms with Gasteiger partial charge in [0.05, 0.1) is 16.4 Å². The van der Waals surface area contributed by atoms with E-state index in [4.69, 9.17) is 28.9 Å². The summed E-state index contributed by atoms with van der Waals surface area (Å²) in [7, 11) is 0. The van der Waals surface area contributed by atoms with Crippen LogP contribution >= 0.6 is 35.0 Å². The van der Waals surface area contributed by atoms with Crippen molar-refractivity contribution in [2.24, 2.45) is 11.7 Å². The van der Waals surface area contributed by atoms with Gasteiger partial charge in [0.1, 0.15) is 0 Å². The highest BCUT2D eigenvalue weighted by molar-refractivity contribution is 8.00. The number of halogens is 2. The zero-order valence-corrected chi connectivity index (χ0v) is 18.9. The molecule has 1 heterocycles. The van der Waals surface area contributed by atoms with Crippen LogP contribution in [0.1, 0.15) is 23.5 Å². The first-order valence-corrected chi connectivity index (χ1v) is 11.8. The molecule has 5 rings (SSSR count). The first-order valence-electron chi connectivity index (χ1n) is 10.1. The van der Waals surface area contributed by atoms with Crippen molar-refractivity contribution in [2.45, 2.75) is 29.3 Å². The number of benzene rings is 3. The molecule has 1 amide bonds. The van der Waals surface area contributed by atoms with E-state index in [1.807, 2.05) is 60.7 Å². The Hall–Kier alpha value is -2.18. The number of para-hydroxylation sites is 2. The molecule has 158 valence electrons. The second-order valence-corrected chi connectivity index (χ2v) is 9.74. The molecule has 31 heavy (non-hydrogen) atoms. The normalized spacial score (nSPS) is 21.6. The fraction of sp³-hybridized carbons (Fsp3) is 0.208. The summed E-state index contributed by atoms with van der Waals surface area (Å²) >= 11 is 14.4. The molecule has 1 fully saturated rings. The average Bonchev–Trinajstić information content (AvgIpc) is 3.50. The van der Waals surface area contributed by atoms with Crippen molar-refractivity contribution in [3.63, 3.8) is 0 Å². The third-order valence-corrected chi connectivity index (χ3v) is 7.49. The summed E-state index contributed by atoms with van der Waals surface area (Å²) in [6, 6.07) is 21.6. The zero-order chi connectivity index (χ0) is 21.5. The summed E-state index contributed by atoms with van der Waals surface area (Å²) < 4.78 is 0. The molecule has 1 saturated carbocycles. The van der Waals surface area contributed by atoms with Gasteiger partial charge in [0, 0.05) is 22.4 Å². The molecule has 1 aliphatic carbocycles. The molecule has 0 saturated heterocycles. The van der Waals surface area contributed by atoms with Crippen LogP contribution in [-0.2, 0) is 11.3 Å². The van der Waals surface area contributed by atoms with Crippen molar-refractivity contribution in [1.82, 2.24) is 5.32 Å². The van der Waals surface area contributed by atoms with Gasteiger partial charge in [-0.3, -0.25) is 4.79 Å². The Kier molecular flexibility index (Phi) is 5.61. The van der Waals surface area contributed by atoms with Crippen LogP contribution in [0, 0.1) is 5.92 Å². The van der Waals surface area contributed by atoms with Gasteiger partial charge < -0.3 is 16.0 Å². The van der Waals surface area contributed by atoms with Crippen LogP contribution in [0.3, 0.4) is 0 Å². The van der Waals surface area contributed by atoms with E-state index in [2.05, 4.69) is 16.3 Å². The average molecular weight is 470 g/mol. The van der Waals surface area contributed by atoms with E-state index in [1.165, 1.54) is 0 Å². The SMILES string of the molecule is NCc1cccc(Cl)c1N1c2ccccc2SC1NC(=O)C1CC1c1cccc(Cl)c1. The van der Waals surface area contributed by atoms with Crippen LogP contribution in [-0.4, -0.2) is 11.4 Å². The number of hydrogen-bond acceptors (Lipinski definition) is 4. The predicted molar refractivity (Wildman–Crippen MR) is 128 cm³/mol. The summed E-state index contributed by atoms with van der Waals surface area (Å²) in [5.41, 5.74) is 9.63. The number of carbonyl (C=O) groups excluding carboxylic acids is 1.